The number of ether oxygens (including phenoxy) is 1. The van der Waals surface area contributed by atoms with Gasteiger partial charge in [0.1, 0.15) is 5.82 Å². The summed E-state index contributed by atoms with van der Waals surface area (Å²) in [4.78, 5) is 34.6. The molecular weight excluding hydrogens is 537 g/mol. The van der Waals surface area contributed by atoms with Gasteiger partial charge in [0.15, 0.2) is 0 Å². The summed E-state index contributed by atoms with van der Waals surface area (Å²) in [7, 11) is 1.56. The van der Waals surface area contributed by atoms with Crippen molar-refractivity contribution in [1.82, 2.24) is 15.3 Å². The highest BCUT2D eigenvalue weighted by molar-refractivity contribution is 8.00. The van der Waals surface area contributed by atoms with Crippen LogP contribution in [0.4, 0.5) is 11.5 Å². The van der Waals surface area contributed by atoms with E-state index in [1.54, 1.807) is 13.2 Å². The van der Waals surface area contributed by atoms with Crippen molar-refractivity contribution >= 4 is 70.8 Å². The number of hydrogen-bond acceptors (Lipinski definition) is 8. The molecule has 1 aliphatic heterocycles. The van der Waals surface area contributed by atoms with Gasteiger partial charge in [-0.15, -0.1) is 36.6 Å². The smallest absolute Gasteiger partial charge is 0.235 e. The molecule has 4 N–H and O–H groups in total. The van der Waals surface area contributed by atoms with Crippen LogP contribution in [-0.2, 0) is 16.1 Å². The molecule has 9 nitrogen and oxygen atoms in total. The van der Waals surface area contributed by atoms with E-state index in [4.69, 9.17) is 4.74 Å². The first kappa shape index (κ1) is 28.9. The largest absolute Gasteiger partial charge is 0.481 e. The molecule has 2 amide bonds. The van der Waals surface area contributed by atoms with E-state index in [2.05, 4.69) is 25.9 Å². The number of carbonyl (C=O) groups excluding carboxylic acids is 2. The minimum Gasteiger partial charge on any atom is -0.481 e. The Morgan fingerprint density at radius 3 is 2.78 bits per heavy atom. The fourth-order valence-corrected chi connectivity index (χ4v) is 5.30. The van der Waals surface area contributed by atoms with E-state index in [-0.39, 0.29) is 48.6 Å². The molecule has 1 aromatic carbocycles. The van der Waals surface area contributed by atoms with Gasteiger partial charge >= 0.3 is 0 Å². The normalized spacial score (nSPS) is 20.6. The lowest BCUT2D eigenvalue weighted by Gasteiger charge is -2.33. The highest BCUT2D eigenvalue weighted by Gasteiger charge is 2.33. The maximum absolute atomic E-state index is 13.0. The molecule has 1 aliphatic carbocycles. The van der Waals surface area contributed by atoms with Crippen LogP contribution in [0.5, 0.6) is 5.88 Å². The van der Waals surface area contributed by atoms with E-state index in [0.717, 1.165) is 16.0 Å². The van der Waals surface area contributed by atoms with E-state index < -0.39 is 6.10 Å². The Morgan fingerprint density at radius 2 is 2.00 bits per heavy atom. The van der Waals surface area contributed by atoms with Crippen LogP contribution in [0.25, 0.3) is 10.9 Å². The zero-order valence-electron chi connectivity index (χ0n) is 20.1. The molecule has 198 valence electrons. The number of pyridine rings is 2. The van der Waals surface area contributed by atoms with Gasteiger partial charge in [-0.3, -0.25) is 9.59 Å². The highest BCUT2D eigenvalue weighted by Crippen LogP contribution is 2.31. The summed E-state index contributed by atoms with van der Waals surface area (Å²) < 4.78 is 5.22. The van der Waals surface area contributed by atoms with Gasteiger partial charge in [-0.1, -0.05) is 12.1 Å². The first-order chi connectivity index (χ1) is 17.0. The molecule has 1 saturated carbocycles. The Balaban J connectivity index is 0.00000190. The zero-order valence-corrected chi connectivity index (χ0v) is 22.5. The van der Waals surface area contributed by atoms with E-state index in [0.29, 0.717) is 54.5 Å². The van der Waals surface area contributed by atoms with Crippen LogP contribution < -0.4 is 20.7 Å². The number of hydrogen-bond donors (Lipinski definition) is 4. The lowest BCUT2D eigenvalue weighted by molar-refractivity contribution is -0.122. The summed E-state index contributed by atoms with van der Waals surface area (Å²) in [5.74, 6) is 1.01. The fraction of sp³-hybridized carbons (Fsp3) is 0.360. The number of carbonyl (C=O) groups is 2. The van der Waals surface area contributed by atoms with E-state index >= 15 is 0 Å². The molecule has 0 bridgehead atoms. The number of aliphatic hydroxyl groups excluding tert-OH is 1. The van der Waals surface area contributed by atoms with Crippen LogP contribution >= 0.6 is 36.6 Å². The Bertz CT molecular complexity index is 1280. The van der Waals surface area contributed by atoms with Crippen molar-refractivity contribution in [2.24, 2.45) is 5.92 Å². The van der Waals surface area contributed by atoms with Gasteiger partial charge in [0.25, 0.3) is 0 Å². The summed E-state index contributed by atoms with van der Waals surface area (Å²) in [6, 6.07) is 13.1. The number of halogens is 2. The third kappa shape index (κ3) is 6.63. The van der Waals surface area contributed by atoms with Crippen molar-refractivity contribution in [3.05, 3.63) is 48.2 Å². The van der Waals surface area contributed by atoms with Crippen molar-refractivity contribution in [1.29, 1.82) is 0 Å². The zero-order chi connectivity index (χ0) is 24.4. The van der Waals surface area contributed by atoms with Crippen LogP contribution in [0, 0.1) is 5.92 Å². The first-order valence-electron chi connectivity index (χ1n) is 11.6. The minimum absolute atomic E-state index is 0. The number of benzene rings is 1. The van der Waals surface area contributed by atoms with Crippen LogP contribution in [0.2, 0.25) is 0 Å². The van der Waals surface area contributed by atoms with Crippen molar-refractivity contribution in [3.63, 3.8) is 0 Å². The summed E-state index contributed by atoms with van der Waals surface area (Å²) in [6.07, 6.45) is 1.04. The van der Waals surface area contributed by atoms with Gasteiger partial charge in [0.05, 0.1) is 40.8 Å². The number of amides is 2. The molecule has 2 aromatic heterocycles. The predicted molar refractivity (Wildman–Crippen MR) is 149 cm³/mol. The van der Waals surface area contributed by atoms with E-state index in [9.17, 15) is 14.7 Å². The Morgan fingerprint density at radius 1 is 1.16 bits per heavy atom. The number of methoxy groups -OCH3 is 1. The second kappa shape index (κ2) is 12.7. The number of aliphatic hydroxyl groups is 1. The molecule has 37 heavy (non-hydrogen) atoms. The summed E-state index contributed by atoms with van der Waals surface area (Å²) in [5, 5.41) is 20.8. The summed E-state index contributed by atoms with van der Waals surface area (Å²) >= 11 is 1.47. The Kier molecular flexibility index (Phi) is 9.97. The van der Waals surface area contributed by atoms with Gasteiger partial charge in [-0.25, -0.2) is 9.97 Å². The SMILES string of the molecule is COc1ccc2cccc(NC(=O)[C@@H]3CC[C@@H](NCc4ccc5c(n4)NC(=O)CS5)[C@H](O)C3)c2n1.Cl.Cl. The van der Waals surface area contributed by atoms with Crippen molar-refractivity contribution in [2.75, 3.05) is 23.5 Å². The van der Waals surface area contributed by atoms with E-state index in [1.165, 1.54) is 11.8 Å². The standard InChI is InChI=1S/C25H27N5O4S.2ClH/c1-34-22-10-6-14-3-2-4-18(23(14)30-22)28-25(33)15-5-8-17(19(31)11-15)26-12-16-7-9-20-24(27-16)29-21(32)13-35-20;;/h2-4,6-7,9-10,15,17,19,26,31H,5,8,11-13H2,1H3,(H,28,33)(H,27,29,32);2*1H/t15-,17-,19-;;/m1../s1. The number of fused-ring (bicyclic) bond motifs is 2. The molecule has 3 aromatic rings. The number of rotatable bonds is 6. The molecule has 0 unspecified atom stereocenters. The summed E-state index contributed by atoms with van der Waals surface area (Å²) in [5.41, 5.74) is 2.09. The first-order valence-corrected chi connectivity index (χ1v) is 12.6. The van der Waals surface area contributed by atoms with E-state index in [1.807, 2.05) is 36.4 Å². The van der Waals surface area contributed by atoms with Crippen molar-refractivity contribution in [3.8, 4) is 5.88 Å². The van der Waals surface area contributed by atoms with Crippen LogP contribution in [0.1, 0.15) is 25.0 Å². The van der Waals surface area contributed by atoms with Crippen LogP contribution in [0.15, 0.2) is 47.4 Å². The minimum atomic E-state index is -0.655. The van der Waals surface area contributed by atoms with Crippen molar-refractivity contribution in [2.45, 2.75) is 42.8 Å². The van der Waals surface area contributed by atoms with Gasteiger partial charge in [0, 0.05) is 30.0 Å². The molecule has 5 rings (SSSR count). The van der Waals surface area contributed by atoms with Crippen LogP contribution in [0.3, 0.4) is 0 Å². The monoisotopic (exact) mass is 565 g/mol. The topological polar surface area (TPSA) is 125 Å². The Labute approximate surface area is 231 Å². The number of nitrogens with one attached hydrogen (secondary N) is 3. The number of anilines is 2. The average Bonchev–Trinajstić information content (AvgIpc) is 2.87. The second-order valence-electron chi connectivity index (χ2n) is 8.77. The molecule has 3 atom stereocenters. The maximum atomic E-state index is 13.0. The highest BCUT2D eigenvalue weighted by atomic mass is 35.5. The Hall–Kier alpha value is -2.63. The van der Waals surface area contributed by atoms with Gasteiger partial charge in [0.2, 0.25) is 17.7 Å². The summed E-state index contributed by atoms with van der Waals surface area (Å²) in [6.45, 7) is 0.468. The van der Waals surface area contributed by atoms with Gasteiger partial charge < -0.3 is 25.8 Å². The average molecular weight is 567 g/mol. The number of thioether (sulfide) groups is 1. The van der Waals surface area contributed by atoms with Gasteiger partial charge in [-0.2, -0.15) is 0 Å². The van der Waals surface area contributed by atoms with Gasteiger partial charge in [-0.05, 0) is 43.5 Å². The number of para-hydroxylation sites is 1. The van der Waals surface area contributed by atoms with Crippen LogP contribution in [-0.4, -0.2) is 51.9 Å². The predicted octanol–water partition coefficient (Wildman–Crippen LogP) is 3.78. The maximum Gasteiger partial charge on any atom is 0.235 e. The molecule has 1 fully saturated rings. The third-order valence-corrected chi connectivity index (χ3v) is 7.47. The molecule has 0 radical (unpaired) electrons. The number of aromatic nitrogens is 2. The lowest BCUT2D eigenvalue weighted by Crippen LogP contribution is -2.46. The third-order valence-electron chi connectivity index (χ3n) is 6.43. The quantitative estimate of drug-likeness (QED) is 0.355. The molecule has 12 heteroatoms. The lowest BCUT2D eigenvalue weighted by atomic mass is 9.83. The molecule has 0 saturated heterocycles. The van der Waals surface area contributed by atoms with Crippen molar-refractivity contribution < 1.29 is 19.4 Å². The molecule has 0 spiro atoms. The number of nitrogens with zero attached hydrogens (tertiary/aromatic N) is 2. The molecule has 2 aliphatic rings. The second-order valence-corrected chi connectivity index (χ2v) is 9.79. The molecule has 3 heterocycles. The molecular formula is C25H29Cl2N5O4S. The fourth-order valence-electron chi connectivity index (χ4n) is 4.54.